The molecule has 3 rings (SSSR count). The van der Waals surface area contributed by atoms with Crippen molar-refractivity contribution in [1.82, 2.24) is 14.9 Å². The highest BCUT2D eigenvalue weighted by Gasteiger charge is 2.15. The Labute approximate surface area is 159 Å². The lowest BCUT2D eigenvalue weighted by Gasteiger charge is -2.20. The van der Waals surface area contributed by atoms with Crippen molar-refractivity contribution in [1.29, 1.82) is 0 Å². The summed E-state index contributed by atoms with van der Waals surface area (Å²) in [6.07, 6.45) is 10.5. The first kappa shape index (κ1) is 18.6. The van der Waals surface area contributed by atoms with Crippen LogP contribution in [0.15, 0.2) is 23.3 Å². The molecule has 1 aromatic carbocycles. The number of aromatic nitrogens is 3. The lowest BCUT2D eigenvalue weighted by molar-refractivity contribution is 0.336. The molecule has 1 heterocycles. The fourth-order valence-corrected chi connectivity index (χ4v) is 3.64. The van der Waals surface area contributed by atoms with Crippen molar-refractivity contribution in [3.63, 3.8) is 0 Å². The molecular weight excluding hydrogens is 348 g/mol. The number of nitrogens with one attached hydrogen (secondary N) is 1. The van der Waals surface area contributed by atoms with Crippen molar-refractivity contribution < 1.29 is 9.47 Å². The third kappa shape index (κ3) is 4.72. The Hall–Kier alpha value is -2.15. The van der Waals surface area contributed by atoms with Crippen molar-refractivity contribution in [3.8, 4) is 11.5 Å². The van der Waals surface area contributed by atoms with Crippen molar-refractivity contribution in [3.05, 3.63) is 34.4 Å². The second-order valence-corrected chi connectivity index (χ2v) is 7.08. The molecule has 0 unspecified atom stereocenters. The van der Waals surface area contributed by atoms with E-state index in [4.69, 9.17) is 21.7 Å². The number of aryl methyl sites for hydroxylation is 1. The minimum absolute atomic E-state index is 0.509. The van der Waals surface area contributed by atoms with Gasteiger partial charge in [-0.3, -0.25) is 5.10 Å². The van der Waals surface area contributed by atoms with Crippen molar-refractivity contribution in [2.75, 3.05) is 14.2 Å². The van der Waals surface area contributed by atoms with Gasteiger partial charge in [0, 0.05) is 18.1 Å². The van der Waals surface area contributed by atoms with E-state index in [1.807, 2.05) is 18.2 Å². The number of H-pyrrole nitrogens is 1. The summed E-state index contributed by atoms with van der Waals surface area (Å²) in [6, 6.07) is 5.63. The fourth-order valence-electron chi connectivity index (χ4n) is 3.44. The molecule has 0 bridgehead atoms. The van der Waals surface area contributed by atoms with Gasteiger partial charge in [0.1, 0.15) is 11.5 Å². The molecule has 0 radical (unpaired) electrons. The first-order chi connectivity index (χ1) is 12.7. The van der Waals surface area contributed by atoms with Crippen LogP contribution < -0.4 is 9.47 Å². The molecule has 1 aliphatic rings. The number of hydrogen-bond acceptors (Lipinski definition) is 5. The van der Waals surface area contributed by atoms with Crippen LogP contribution in [0, 0.1) is 10.7 Å². The van der Waals surface area contributed by atoms with Crippen LogP contribution >= 0.6 is 12.2 Å². The van der Waals surface area contributed by atoms with Crippen LogP contribution in [-0.2, 0) is 6.42 Å². The Kier molecular flexibility index (Phi) is 6.44. The molecule has 1 aliphatic carbocycles. The van der Waals surface area contributed by atoms with Gasteiger partial charge in [-0.15, -0.1) is 0 Å². The van der Waals surface area contributed by atoms with Gasteiger partial charge in [-0.2, -0.15) is 14.9 Å². The van der Waals surface area contributed by atoms with Crippen LogP contribution in [0.5, 0.6) is 11.5 Å². The van der Waals surface area contributed by atoms with Gasteiger partial charge in [0.2, 0.25) is 4.77 Å². The molecule has 26 heavy (non-hydrogen) atoms. The van der Waals surface area contributed by atoms with E-state index in [1.165, 1.54) is 32.1 Å². The third-order valence-corrected chi connectivity index (χ3v) is 5.18. The molecule has 0 aliphatic heterocycles. The fraction of sp³-hybridized carbons (Fsp3) is 0.526. The normalized spacial score (nSPS) is 15.5. The Bertz CT molecular complexity index is 784. The molecule has 7 heteroatoms. The zero-order valence-corrected chi connectivity index (χ0v) is 16.2. The van der Waals surface area contributed by atoms with Gasteiger partial charge < -0.3 is 9.47 Å². The molecule has 0 amide bonds. The molecule has 2 aromatic rings. The van der Waals surface area contributed by atoms with Gasteiger partial charge in [0.15, 0.2) is 5.82 Å². The van der Waals surface area contributed by atoms with Gasteiger partial charge in [-0.25, -0.2) is 0 Å². The molecule has 140 valence electrons. The lowest BCUT2D eigenvalue weighted by atomic mass is 9.86. The standard InChI is InChI=1S/C19H26N4O2S/c1-24-16-10-15(11-17(12-16)25-2)13-20-23-18(21-22-19(23)26)9-8-14-6-4-3-5-7-14/h10-14H,3-9H2,1-2H3,(H,22,26)/b20-13-. The maximum Gasteiger partial charge on any atom is 0.216 e. The number of ether oxygens (including phenoxy) is 2. The average molecular weight is 375 g/mol. The minimum atomic E-state index is 0.509. The molecule has 0 atom stereocenters. The topological polar surface area (TPSA) is 64.4 Å². The quantitative estimate of drug-likeness (QED) is 0.578. The summed E-state index contributed by atoms with van der Waals surface area (Å²) in [6.45, 7) is 0. The van der Waals surface area contributed by atoms with E-state index in [0.29, 0.717) is 4.77 Å². The number of benzene rings is 1. The molecule has 1 saturated carbocycles. The van der Waals surface area contributed by atoms with Crippen LogP contribution in [0.3, 0.4) is 0 Å². The Morgan fingerprint density at radius 2 is 1.88 bits per heavy atom. The predicted octanol–water partition coefficient (Wildman–Crippen LogP) is 4.35. The zero-order valence-electron chi connectivity index (χ0n) is 15.4. The Morgan fingerprint density at radius 3 is 2.54 bits per heavy atom. The first-order valence-corrected chi connectivity index (χ1v) is 9.54. The van der Waals surface area contributed by atoms with Crippen molar-refractivity contribution in [2.45, 2.75) is 44.9 Å². The van der Waals surface area contributed by atoms with Crippen LogP contribution in [0.4, 0.5) is 0 Å². The van der Waals surface area contributed by atoms with E-state index in [1.54, 1.807) is 25.1 Å². The maximum atomic E-state index is 5.34. The van der Waals surface area contributed by atoms with Crippen molar-refractivity contribution in [2.24, 2.45) is 11.0 Å². The highest BCUT2D eigenvalue weighted by atomic mass is 32.1. The summed E-state index contributed by atoms with van der Waals surface area (Å²) in [7, 11) is 3.26. The zero-order chi connectivity index (χ0) is 18.4. The largest absolute Gasteiger partial charge is 0.497 e. The lowest BCUT2D eigenvalue weighted by Crippen LogP contribution is -2.09. The molecule has 6 nitrogen and oxygen atoms in total. The molecule has 1 aromatic heterocycles. The highest BCUT2D eigenvalue weighted by Crippen LogP contribution is 2.27. The van der Waals surface area contributed by atoms with E-state index in [2.05, 4.69) is 15.3 Å². The monoisotopic (exact) mass is 374 g/mol. The van der Waals surface area contributed by atoms with Crippen LogP contribution in [-0.4, -0.2) is 35.3 Å². The number of hydrogen-bond donors (Lipinski definition) is 1. The molecule has 1 fully saturated rings. The van der Waals surface area contributed by atoms with Crippen LogP contribution in [0.2, 0.25) is 0 Å². The smallest absolute Gasteiger partial charge is 0.216 e. The second-order valence-electron chi connectivity index (χ2n) is 6.69. The minimum Gasteiger partial charge on any atom is -0.497 e. The van der Waals surface area contributed by atoms with Gasteiger partial charge in [-0.05, 0) is 36.7 Å². The number of aromatic amines is 1. The van der Waals surface area contributed by atoms with E-state index >= 15 is 0 Å². The summed E-state index contributed by atoms with van der Waals surface area (Å²) in [5.41, 5.74) is 0.877. The van der Waals surface area contributed by atoms with E-state index in [9.17, 15) is 0 Å². The van der Waals surface area contributed by atoms with E-state index in [0.717, 1.165) is 41.6 Å². The van der Waals surface area contributed by atoms with E-state index < -0.39 is 0 Å². The summed E-state index contributed by atoms with van der Waals surface area (Å²) in [5, 5.41) is 11.8. The van der Waals surface area contributed by atoms with Crippen LogP contribution in [0.1, 0.15) is 49.9 Å². The number of nitrogens with zero attached hydrogens (tertiary/aromatic N) is 3. The molecule has 0 spiro atoms. The molecule has 0 saturated heterocycles. The number of rotatable bonds is 7. The predicted molar refractivity (Wildman–Crippen MR) is 105 cm³/mol. The number of methoxy groups -OCH3 is 2. The van der Waals surface area contributed by atoms with Crippen LogP contribution in [0.25, 0.3) is 0 Å². The average Bonchev–Trinajstić information content (AvgIpc) is 3.04. The van der Waals surface area contributed by atoms with Gasteiger partial charge in [0.25, 0.3) is 0 Å². The summed E-state index contributed by atoms with van der Waals surface area (Å²) in [5.74, 6) is 3.12. The van der Waals surface area contributed by atoms with E-state index in [-0.39, 0.29) is 0 Å². The second kappa shape index (κ2) is 8.98. The molecule has 1 N–H and O–H groups in total. The van der Waals surface area contributed by atoms with Gasteiger partial charge in [-0.1, -0.05) is 32.1 Å². The van der Waals surface area contributed by atoms with Crippen molar-refractivity contribution >= 4 is 18.4 Å². The Balaban J connectivity index is 1.74. The Morgan fingerprint density at radius 1 is 1.19 bits per heavy atom. The highest BCUT2D eigenvalue weighted by molar-refractivity contribution is 7.71. The summed E-state index contributed by atoms with van der Waals surface area (Å²) < 4.78 is 12.8. The summed E-state index contributed by atoms with van der Waals surface area (Å²) >= 11 is 5.34. The molecular formula is C19H26N4O2S. The third-order valence-electron chi connectivity index (χ3n) is 4.91. The maximum absolute atomic E-state index is 5.34. The first-order valence-electron chi connectivity index (χ1n) is 9.13. The van der Waals surface area contributed by atoms with Gasteiger partial charge in [0.05, 0.1) is 20.4 Å². The summed E-state index contributed by atoms with van der Waals surface area (Å²) in [4.78, 5) is 0. The van der Waals surface area contributed by atoms with Gasteiger partial charge >= 0.3 is 0 Å². The SMILES string of the molecule is COc1cc(/C=N\n2c(CCC3CCCCC3)n[nH]c2=S)cc(OC)c1.